The van der Waals surface area contributed by atoms with Crippen molar-refractivity contribution in [2.24, 2.45) is 17.3 Å². The first-order valence-electron chi connectivity index (χ1n) is 6.58. The van der Waals surface area contributed by atoms with Crippen molar-refractivity contribution in [1.82, 2.24) is 0 Å². The van der Waals surface area contributed by atoms with Crippen LogP contribution in [-0.2, 0) is 19.1 Å². The lowest BCUT2D eigenvalue weighted by molar-refractivity contribution is -0.165. The molecule has 1 aliphatic rings. The van der Waals surface area contributed by atoms with Gasteiger partial charge in [0.15, 0.2) is 0 Å². The van der Waals surface area contributed by atoms with E-state index in [2.05, 4.69) is 20.8 Å². The molecule has 0 aliphatic carbocycles. The molecule has 1 saturated heterocycles. The van der Waals surface area contributed by atoms with Gasteiger partial charge in [0.05, 0.1) is 12.5 Å². The van der Waals surface area contributed by atoms with Crippen LogP contribution in [0.5, 0.6) is 0 Å². The number of hydrogen-bond donors (Lipinski definition) is 0. The van der Waals surface area contributed by atoms with Crippen molar-refractivity contribution in [1.29, 1.82) is 0 Å². The fourth-order valence-corrected chi connectivity index (χ4v) is 2.06. The predicted molar refractivity (Wildman–Crippen MR) is 67.9 cm³/mol. The molecule has 0 radical (unpaired) electrons. The second-order valence-corrected chi connectivity index (χ2v) is 6.50. The van der Waals surface area contributed by atoms with Crippen molar-refractivity contribution in [2.75, 3.05) is 6.61 Å². The van der Waals surface area contributed by atoms with E-state index in [0.29, 0.717) is 13.0 Å². The number of ether oxygens (including phenoxy) is 2. The van der Waals surface area contributed by atoms with E-state index in [1.165, 1.54) is 0 Å². The van der Waals surface area contributed by atoms with Crippen LogP contribution in [0, 0.1) is 17.3 Å². The van der Waals surface area contributed by atoms with Gasteiger partial charge in [-0.3, -0.25) is 4.79 Å². The number of cyclic esters (lactones) is 1. The Labute approximate surface area is 109 Å². The first-order valence-corrected chi connectivity index (χ1v) is 6.58. The molecule has 104 valence electrons. The normalized spacial score (nSPS) is 21.9. The van der Waals surface area contributed by atoms with Gasteiger partial charge in [0.1, 0.15) is 0 Å². The van der Waals surface area contributed by atoms with E-state index in [9.17, 15) is 9.59 Å². The average Bonchev–Trinajstić information content (AvgIpc) is 2.59. The van der Waals surface area contributed by atoms with Gasteiger partial charge in [0, 0.05) is 6.42 Å². The lowest BCUT2D eigenvalue weighted by Crippen LogP contribution is -2.32. The van der Waals surface area contributed by atoms with Crippen molar-refractivity contribution < 1.29 is 19.1 Å². The maximum atomic E-state index is 12.1. The Balaban J connectivity index is 2.62. The largest absolute Gasteiger partial charge is 0.463 e. The highest BCUT2D eigenvalue weighted by Gasteiger charge is 2.35. The van der Waals surface area contributed by atoms with Crippen LogP contribution in [0.3, 0.4) is 0 Å². The first-order chi connectivity index (χ1) is 8.20. The third-order valence-electron chi connectivity index (χ3n) is 3.09. The zero-order valence-corrected chi connectivity index (χ0v) is 12.0. The molecule has 0 amide bonds. The molecule has 1 heterocycles. The van der Waals surface area contributed by atoms with Gasteiger partial charge < -0.3 is 9.47 Å². The minimum atomic E-state index is -0.696. The fraction of sp³-hybridized carbons (Fsp3) is 0.857. The summed E-state index contributed by atoms with van der Waals surface area (Å²) in [6.45, 7) is 10.6. The van der Waals surface area contributed by atoms with Gasteiger partial charge in [-0.1, -0.05) is 34.6 Å². The average molecular weight is 256 g/mol. The summed E-state index contributed by atoms with van der Waals surface area (Å²) in [7, 11) is 0. The van der Waals surface area contributed by atoms with E-state index in [0.717, 1.165) is 6.42 Å². The van der Waals surface area contributed by atoms with Crippen LogP contribution in [0.2, 0.25) is 0 Å². The first kappa shape index (κ1) is 15.0. The Morgan fingerprint density at radius 1 is 1.44 bits per heavy atom. The molecule has 0 N–H and O–H groups in total. The number of rotatable bonds is 4. The van der Waals surface area contributed by atoms with Crippen LogP contribution in [0.1, 0.15) is 47.5 Å². The van der Waals surface area contributed by atoms with Crippen molar-refractivity contribution in [3.05, 3.63) is 0 Å². The quantitative estimate of drug-likeness (QED) is 0.725. The smallest absolute Gasteiger partial charge is 0.347 e. The molecule has 18 heavy (non-hydrogen) atoms. The number of carbonyl (C=O) groups excluding carboxylic acids is 2. The van der Waals surface area contributed by atoms with Gasteiger partial charge in [-0.05, 0) is 17.8 Å². The molecule has 0 saturated carbocycles. The molecule has 1 fully saturated rings. The van der Waals surface area contributed by atoms with E-state index < -0.39 is 12.1 Å². The van der Waals surface area contributed by atoms with E-state index in [4.69, 9.17) is 9.47 Å². The summed E-state index contributed by atoms with van der Waals surface area (Å²) in [5.41, 5.74) is 0.0597. The van der Waals surface area contributed by atoms with Gasteiger partial charge in [-0.2, -0.15) is 0 Å². The summed E-state index contributed by atoms with van der Waals surface area (Å²) < 4.78 is 10.1. The Morgan fingerprint density at radius 2 is 2.06 bits per heavy atom. The van der Waals surface area contributed by atoms with Crippen molar-refractivity contribution in [3.8, 4) is 0 Å². The molecule has 4 heteroatoms. The van der Waals surface area contributed by atoms with Crippen LogP contribution in [0.4, 0.5) is 0 Å². The highest BCUT2D eigenvalue weighted by atomic mass is 16.6. The topological polar surface area (TPSA) is 52.6 Å². The highest BCUT2D eigenvalue weighted by Crippen LogP contribution is 2.30. The second kappa shape index (κ2) is 5.72. The molecule has 0 aromatic carbocycles. The van der Waals surface area contributed by atoms with Gasteiger partial charge in [-0.15, -0.1) is 0 Å². The highest BCUT2D eigenvalue weighted by molar-refractivity contribution is 5.81. The Morgan fingerprint density at radius 3 is 2.44 bits per heavy atom. The fourth-order valence-electron chi connectivity index (χ4n) is 2.06. The minimum Gasteiger partial charge on any atom is -0.463 e. The SMILES string of the molecule is CC(C)C(CC(C)(C)C)C(=O)OC1CCOC1=O. The summed E-state index contributed by atoms with van der Waals surface area (Å²) in [5, 5.41) is 0. The monoisotopic (exact) mass is 256 g/mol. The number of hydrogen-bond acceptors (Lipinski definition) is 4. The lowest BCUT2D eigenvalue weighted by atomic mass is 9.80. The van der Waals surface area contributed by atoms with Crippen LogP contribution in [-0.4, -0.2) is 24.6 Å². The maximum Gasteiger partial charge on any atom is 0.347 e. The lowest BCUT2D eigenvalue weighted by Gasteiger charge is -2.27. The molecule has 1 rings (SSSR count). The molecule has 2 unspecified atom stereocenters. The standard InChI is InChI=1S/C14H24O4/c1-9(2)10(8-14(3,4)5)12(15)18-11-6-7-17-13(11)16/h9-11H,6-8H2,1-5H3. The molecule has 0 aromatic rings. The molecule has 0 bridgehead atoms. The summed E-state index contributed by atoms with van der Waals surface area (Å²) in [5.74, 6) is -0.655. The van der Waals surface area contributed by atoms with Gasteiger partial charge in [-0.25, -0.2) is 4.79 Å². The summed E-state index contributed by atoms with van der Waals surface area (Å²) in [6.07, 6.45) is 0.537. The van der Waals surface area contributed by atoms with Crippen LogP contribution >= 0.6 is 0 Å². The minimum absolute atomic E-state index is 0.0597. The zero-order chi connectivity index (χ0) is 13.9. The predicted octanol–water partition coefficient (Wildman–Crippen LogP) is 2.55. The van der Waals surface area contributed by atoms with E-state index in [1.54, 1.807) is 0 Å². The molecule has 0 aromatic heterocycles. The second-order valence-electron chi connectivity index (χ2n) is 6.50. The maximum absolute atomic E-state index is 12.1. The summed E-state index contributed by atoms with van der Waals surface area (Å²) >= 11 is 0. The molecule has 1 aliphatic heterocycles. The Kier molecular flexibility index (Phi) is 4.77. The number of esters is 2. The van der Waals surface area contributed by atoms with Crippen LogP contribution in [0.15, 0.2) is 0 Å². The van der Waals surface area contributed by atoms with E-state index >= 15 is 0 Å². The van der Waals surface area contributed by atoms with Crippen molar-refractivity contribution in [2.45, 2.75) is 53.6 Å². The van der Waals surface area contributed by atoms with Gasteiger partial charge in [0.25, 0.3) is 0 Å². The molecule has 4 nitrogen and oxygen atoms in total. The van der Waals surface area contributed by atoms with E-state index in [-0.39, 0.29) is 23.2 Å². The molecular weight excluding hydrogens is 232 g/mol. The molecule has 0 spiro atoms. The van der Waals surface area contributed by atoms with Crippen LogP contribution < -0.4 is 0 Å². The Bertz CT molecular complexity index is 314. The van der Waals surface area contributed by atoms with E-state index in [1.807, 2.05) is 13.8 Å². The van der Waals surface area contributed by atoms with Gasteiger partial charge in [0.2, 0.25) is 6.10 Å². The Hall–Kier alpha value is -1.06. The van der Waals surface area contributed by atoms with Crippen LogP contribution in [0.25, 0.3) is 0 Å². The third-order valence-corrected chi connectivity index (χ3v) is 3.09. The van der Waals surface area contributed by atoms with Crippen molar-refractivity contribution >= 4 is 11.9 Å². The summed E-state index contributed by atoms with van der Waals surface area (Å²) in [4.78, 5) is 23.4. The third kappa shape index (κ3) is 4.31. The number of carbonyl (C=O) groups is 2. The van der Waals surface area contributed by atoms with Crippen molar-refractivity contribution in [3.63, 3.8) is 0 Å². The zero-order valence-electron chi connectivity index (χ0n) is 12.0. The molecular formula is C14H24O4. The molecule has 2 atom stereocenters. The summed E-state index contributed by atoms with van der Waals surface area (Å²) in [6, 6.07) is 0. The van der Waals surface area contributed by atoms with Gasteiger partial charge >= 0.3 is 11.9 Å².